The van der Waals surface area contributed by atoms with Gasteiger partial charge in [0.05, 0.1) is 0 Å². The van der Waals surface area contributed by atoms with E-state index in [1.54, 1.807) is 6.33 Å². The first-order valence-electron chi connectivity index (χ1n) is 7.09. The molecule has 104 valence electrons. The molecule has 1 saturated heterocycles. The van der Waals surface area contributed by atoms with Crippen LogP contribution in [0.25, 0.3) is 0 Å². The van der Waals surface area contributed by atoms with Crippen molar-refractivity contribution in [3.63, 3.8) is 0 Å². The van der Waals surface area contributed by atoms with E-state index in [1.165, 1.54) is 16.8 Å². The number of aryl methyl sites for hydroxylation is 1. The van der Waals surface area contributed by atoms with E-state index in [-0.39, 0.29) is 0 Å². The summed E-state index contributed by atoms with van der Waals surface area (Å²) in [4.78, 5) is 13.1. The molecule has 1 aromatic heterocycles. The summed E-state index contributed by atoms with van der Waals surface area (Å²) in [7, 11) is 0. The zero-order valence-electron chi connectivity index (χ0n) is 11.9. The van der Waals surface area contributed by atoms with Gasteiger partial charge in [-0.3, -0.25) is 4.90 Å². The lowest BCUT2D eigenvalue weighted by Crippen LogP contribution is -2.45. The molecule has 2 heterocycles. The van der Waals surface area contributed by atoms with Crippen LogP contribution >= 0.6 is 0 Å². The molecule has 0 atom stereocenters. The predicted molar refractivity (Wildman–Crippen MR) is 80.7 cm³/mol. The fourth-order valence-corrected chi connectivity index (χ4v) is 2.59. The van der Waals surface area contributed by atoms with Crippen molar-refractivity contribution in [1.29, 1.82) is 0 Å². The van der Waals surface area contributed by atoms with E-state index in [1.807, 2.05) is 12.4 Å². The van der Waals surface area contributed by atoms with Gasteiger partial charge >= 0.3 is 0 Å². The van der Waals surface area contributed by atoms with Gasteiger partial charge in [0.2, 0.25) is 0 Å². The lowest BCUT2D eigenvalue weighted by atomic mass is 10.2. The van der Waals surface area contributed by atoms with E-state index < -0.39 is 0 Å². The Kier molecular flexibility index (Phi) is 3.92. The molecule has 20 heavy (non-hydrogen) atoms. The van der Waals surface area contributed by atoms with Gasteiger partial charge in [0, 0.05) is 56.4 Å². The number of aromatic nitrogens is 2. The minimum atomic E-state index is 0.947. The third-order valence-electron chi connectivity index (χ3n) is 3.79. The highest BCUT2D eigenvalue weighted by molar-refractivity contribution is 5.47. The van der Waals surface area contributed by atoms with Gasteiger partial charge < -0.3 is 4.90 Å². The highest BCUT2D eigenvalue weighted by Crippen LogP contribution is 2.17. The number of hydrogen-bond acceptors (Lipinski definition) is 4. The fourth-order valence-electron chi connectivity index (χ4n) is 2.59. The maximum Gasteiger partial charge on any atom is 0.115 e. The number of anilines is 1. The van der Waals surface area contributed by atoms with Gasteiger partial charge in [-0.2, -0.15) is 0 Å². The summed E-state index contributed by atoms with van der Waals surface area (Å²) >= 11 is 0. The number of benzene rings is 1. The standard InChI is InChI=1S/C16H20N4/c1-14-2-4-16(5-3-14)20-8-6-19(7-9-20)12-15-10-17-13-18-11-15/h2-5,10-11,13H,6-9,12H2,1H3. The van der Waals surface area contributed by atoms with Crippen molar-refractivity contribution in [2.24, 2.45) is 0 Å². The highest BCUT2D eigenvalue weighted by Gasteiger charge is 2.17. The van der Waals surface area contributed by atoms with Crippen LogP contribution in [0.3, 0.4) is 0 Å². The van der Waals surface area contributed by atoms with Crippen molar-refractivity contribution in [3.05, 3.63) is 54.1 Å². The first kappa shape index (κ1) is 13.1. The van der Waals surface area contributed by atoms with Crippen LogP contribution in [0.5, 0.6) is 0 Å². The second-order valence-electron chi connectivity index (χ2n) is 5.35. The first-order chi connectivity index (χ1) is 9.81. The van der Waals surface area contributed by atoms with Gasteiger partial charge in [-0.25, -0.2) is 9.97 Å². The van der Waals surface area contributed by atoms with Crippen molar-refractivity contribution in [2.45, 2.75) is 13.5 Å². The van der Waals surface area contributed by atoms with Crippen LogP contribution in [-0.4, -0.2) is 41.0 Å². The molecule has 0 bridgehead atoms. The molecule has 1 aliphatic rings. The molecule has 4 heteroatoms. The van der Waals surface area contributed by atoms with E-state index in [4.69, 9.17) is 0 Å². The number of hydrogen-bond donors (Lipinski definition) is 0. The van der Waals surface area contributed by atoms with Crippen LogP contribution in [0, 0.1) is 6.92 Å². The molecule has 0 aliphatic carbocycles. The highest BCUT2D eigenvalue weighted by atomic mass is 15.3. The number of rotatable bonds is 3. The molecule has 1 fully saturated rings. The summed E-state index contributed by atoms with van der Waals surface area (Å²) in [6.07, 6.45) is 5.39. The van der Waals surface area contributed by atoms with Crippen LogP contribution in [0.15, 0.2) is 43.0 Å². The SMILES string of the molecule is Cc1ccc(N2CCN(Cc3cncnc3)CC2)cc1. The van der Waals surface area contributed by atoms with Gasteiger partial charge in [0.15, 0.2) is 0 Å². The van der Waals surface area contributed by atoms with Crippen molar-refractivity contribution in [1.82, 2.24) is 14.9 Å². The monoisotopic (exact) mass is 268 g/mol. The van der Waals surface area contributed by atoms with Gasteiger partial charge in [0.25, 0.3) is 0 Å². The zero-order valence-corrected chi connectivity index (χ0v) is 11.9. The topological polar surface area (TPSA) is 32.3 Å². The Morgan fingerprint density at radius 2 is 1.60 bits per heavy atom. The number of nitrogens with zero attached hydrogens (tertiary/aromatic N) is 4. The third kappa shape index (κ3) is 3.14. The summed E-state index contributed by atoms with van der Waals surface area (Å²) in [6, 6.07) is 8.80. The second-order valence-corrected chi connectivity index (χ2v) is 5.35. The van der Waals surface area contributed by atoms with Gasteiger partial charge in [-0.05, 0) is 19.1 Å². The van der Waals surface area contributed by atoms with E-state index in [9.17, 15) is 0 Å². The summed E-state index contributed by atoms with van der Waals surface area (Å²) in [5, 5.41) is 0. The lowest BCUT2D eigenvalue weighted by Gasteiger charge is -2.36. The normalized spacial score (nSPS) is 16.4. The summed E-state index contributed by atoms with van der Waals surface area (Å²) in [6.45, 7) is 7.41. The Bertz CT molecular complexity index is 530. The van der Waals surface area contributed by atoms with Crippen molar-refractivity contribution < 1.29 is 0 Å². The largest absolute Gasteiger partial charge is 0.369 e. The minimum absolute atomic E-state index is 0.947. The molecule has 4 nitrogen and oxygen atoms in total. The Morgan fingerprint density at radius 1 is 0.950 bits per heavy atom. The smallest absolute Gasteiger partial charge is 0.115 e. The fraction of sp³-hybridized carbons (Fsp3) is 0.375. The van der Waals surface area contributed by atoms with E-state index in [0.717, 1.165) is 32.7 Å². The minimum Gasteiger partial charge on any atom is -0.369 e. The van der Waals surface area contributed by atoms with Gasteiger partial charge in [0.1, 0.15) is 6.33 Å². The molecular formula is C16H20N4. The second kappa shape index (κ2) is 6.01. The lowest BCUT2D eigenvalue weighted by molar-refractivity contribution is 0.249. The average molecular weight is 268 g/mol. The maximum atomic E-state index is 4.07. The Labute approximate surface area is 120 Å². The molecule has 3 rings (SSSR count). The van der Waals surface area contributed by atoms with Crippen molar-refractivity contribution in [2.75, 3.05) is 31.1 Å². The van der Waals surface area contributed by atoms with E-state index >= 15 is 0 Å². The van der Waals surface area contributed by atoms with Crippen LogP contribution in [0.2, 0.25) is 0 Å². The summed E-state index contributed by atoms with van der Waals surface area (Å²) < 4.78 is 0. The van der Waals surface area contributed by atoms with E-state index in [0.29, 0.717) is 0 Å². The van der Waals surface area contributed by atoms with Crippen LogP contribution in [-0.2, 0) is 6.54 Å². The molecule has 1 aromatic carbocycles. The molecule has 1 aliphatic heterocycles. The molecule has 2 aromatic rings. The quantitative estimate of drug-likeness (QED) is 0.853. The van der Waals surface area contributed by atoms with Crippen LogP contribution < -0.4 is 4.90 Å². The van der Waals surface area contributed by atoms with Crippen LogP contribution in [0.4, 0.5) is 5.69 Å². The van der Waals surface area contributed by atoms with Gasteiger partial charge in [-0.1, -0.05) is 17.7 Å². The average Bonchev–Trinajstić information content (AvgIpc) is 2.50. The molecular weight excluding hydrogens is 248 g/mol. The Hall–Kier alpha value is -1.94. The maximum absolute atomic E-state index is 4.07. The van der Waals surface area contributed by atoms with E-state index in [2.05, 4.69) is 51.0 Å². The molecule has 0 spiro atoms. The summed E-state index contributed by atoms with van der Waals surface area (Å²) in [5.41, 5.74) is 3.84. The molecule has 0 unspecified atom stereocenters. The Morgan fingerprint density at radius 3 is 2.25 bits per heavy atom. The van der Waals surface area contributed by atoms with Crippen molar-refractivity contribution in [3.8, 4) is 0 Å². The summed E-state index contributed by atoms with van der Waals surface area (Å²) in [5.74, 6) is 0. The Balaban J connectivity index is 1.55. The molecule has 0 N–H and O–H groups in total. The van der Waals surface area contributed by atoms with Crippen LogP contribution in [0.1, 0.15) is 11.1 Å². The van der Waals surface area contributed by atoms with Crippen molar-refractivity contribution >= 4 is 5.69 Å². The molecule has 0 amide bonds. The molecule has 0 saturated carbocycles. The van der Waals surface area contributed by atoms with Gasteiger partial charge in [-0.15, -0.1) is 0 Å². The predicted octanol–water partition coefficient (Wildman–Crippen LogP) is 2.11. The first-order valence-corrected chi connectivity index (χ1v) is 7.09. The number of piperazine rings is 1. The zero-order chi connectivity index (χ0) is 13.8. The third-order valence-corrected chi connectivity index (χ3v) is 3.79. The molecule has 0 radical (unpaired) electrons.